The van der Waals surface area contributed by atoms with Crippen molar-refractivity contribution in [1.29, 1.82) is 0 Å². The second-order valence-electron chi connectivity index (χ2n) is 5.53. The van der Waals surface area contributed by atoms with Crippen molar-refractivity contribution in [3.05, 3.63) is 0 Å². The molecule has 0 amide bonds. The first-order valence-electron chi connectivity index (χ1n) is 6.75. The van der Waals surface area contributed by atoms with Crippen LogP contribution >= 0.6 is 0 Å². The van der Waals surface area contributed by atoms with Crippen molar-refractivity contribution >= 4 is 9.84 Å². The minimum atomic E-state index is -4.42. The van der Waals surface area contributed by atoms with Gasteiger partial charge in [-0.1, -0.05) is 0 Å². The molecule has 2 rings (SSSR count). The molecule has 2 fully saturated rings. The number of ether oxygens (including phenoxy) is 2. The van der Waals surface area contributed by atoms with Crippen LogP contribution in [0.3, 0.4) is 0 Å². The van der Waals surface area contributed by atoms with Crippen molar-refractivity contribution < 1.29 is 31.1 Å². The normalized spacial score (nSPS) is 24.4. The molecular weight excluding hydrogens is 297 g/mol. The van der Waals surface area contributed by atoms with E-state index < -0.39 is 34.0 Å². The fourth-order valence-corrected chi connectivity index (χ4v) is 4.54. The van der Waals surface area contributed by atoms with E-state index in [1.807, 2.05) is 0 Å². The molecule has 0 unspecified atom stereocenters. The van der Waals surface area contributed by atoms with E-state index in [1.54, 1.807) is 0 Å². The molecule has 2 aliphatic rings. The van der Waals surface area contributed by atoms with E-state index in [2.05, 4.69) is 0 Å². The molecule has 0 radical (unpaired) electrons. The molecule has 1 spiro atoms. The topological polar surface area (TPSA) is 52.6 Å². The van der Waals surface area contributed by atoms with Crippen LogP contribution in [0.5, 0.6) is 0 Å². The highest BCUT2D eigenvalue weighted by Crippen LogP contribution is 2.38. The van der Waals surface area contributed by atoms with Crippen molar-refractivity contribution in [2.75, 3.05) is 24.7 Å². The molecule has 1 heterocycles. The van der Waals surface area contributed by atoms with Gasteiger partial charge in [-0.2, -0.15) is 13.2 Å². The SMILES string of the molecule is O=S(=O)(CCC(F)(F)F)CC1CCC2(CC1)OCCO2. The highest BCUT2D eigenvalue weighted by atomic mass is 32.2. The highest BCUT2D eigenvalue weighted by Gasteiger charge is 2.41. The first-order valence-corrected chi connectivity index (χ1v) is 8.57. The van der Waals surface area contributed by atoms with E-state index in [-0.39, 0.29) is 11.7 Å². The van der Waals surface area contributed by atoms with Crippen LogP contribution in [0.4, 0.5) is 13.2 Å². The number of alkyl halides is 3. The lowest BCUT2D eigenvalue weighted by atomic mass is 9.86. The van der Waals surface area contributed by atoms with Crippen LogP contribution in [-0.4, -0.2) is 45.1 Å². The molecule has 20 heavy (non-hydrogen) atoms. The molecule has 8 heteroatoms. The molecule has 1 aliphatic heterocycles. The molecule has 0 aromatic heterocycles. The molecule has 0 aromatic rings. The Morgan fingerprint density at radius 3 is 2.15 bits per heavy atom. The van der Waals surface area contributed by atoms with Gasteiger partial charge in [-0.05, 0) is 18.8 Å². The molecule has 0 aromatic carbocycles. The maximum atomic E-state index is 12.1. The van der Waals surface area contributed by atoms with Crippen molar-refractivity contribution in [1.82, 2.24) is 0 Å². The summed E-state index contributed by atoms with van der Waals surface area (Å²) in [6, 6.07) is 0. The lowest BCUT2D eigenvalue weighted by Crippen LogP contribution is -2.37. The Kier molecular flexibility index (Phi) is 4.66. The summed E-state index contributed by atoms with van der Waals surface area (Å²) in [5, 5.41) is 0. The molecule has 1 saturated heterocycles. The van der Waals surface area contributed by atoms with Gasteiger partial charge in [0, 0.05) is 12.8 Å². The average molecular weight is 316 g/mol. The van der Waals surface area contributed by atoms with Crippen molar-refractivity contribution in [2.24, 2.45) is 5.92 Å². The van der Waals surface area contributed by atoms with E-state index in [9.17, 15) is 21.6 Å². The summed E-state index contributed by atoms with van der Waals surface area (Å²) in [5.74, 6) is -1.64. The highest BCUT2D eigenvalue weighted by molar-refractivity contribution is 7.91. The predicted octanol–water partition coefficient (Wildman–Crippen LogP) is 2.29. The number of sulfone groups is 1. The molecule has 118 valence electrons. The molecule has 0 atom stereocenters. The molecule has 1 saturated carbocycles. The van der Waals surface area contributed by atoms with Crippen LogP contribution in [-0.2, 0) is 19.3 Å². The monoisotopic (exact) mass is 316 g/mol. The minimum absolute atomic E-state index is 0.0911. The molecule has 4 nitrogen and oxygen atoms in total. The lowest BCUT2D eigenvalue weighted by Gasteiger charge is -2.35. The van der Waals surface area contributed by atoms with Crippen molar-refractivity contribution in [3.63, 3.8) is 0 Å². The summed E-state index contributed by atoms with van der Waals surface area (Å²) in [7, 11) is -3.65. The van der Waals surface area contributed by atoms with Gasteiger partial charge < -0.3 is 9.47 Å². The fourth-order valence-electron chi connectivity index (χ4n) is 2.78. The fraction of sp³-hybridized carbons (Fsp3) is 1.00. The predicted molar refractivity (Wildman–Crippen MR) is 65.9 cm³/mol. The van der Waals surface area contributed by atoms with Crippen LogP contribution in [0.2, 0.25) is 0 Å². The van der Waals surface area contributed by atoms with Crippen LogP contribution in [0.25, 0.3) is 0 Å². The summed E-state index contributed by atoms with van der Waals surface area (Å²) >= 11 is 0. The quantitative estimate of drug-likeness (QED) is 0.798. The van der Waals surface area contributed by atoms with E-state index >= 15 is 0 Å². The Labute approximate surface area is 116 Å². The van der Waals surface area contributed by atoms with Gasteiger partial charge in [0.25, 0.3) is 0 Å². The summed E-state index contributed by atoms with van der Waals surface area (Å²) in [6.45, 7) is 1.10. The Balaban J connectivity index is 1.79. The third-order valence-electron chi connectivity index (χ3n) is 3.87. The second kappa shape index (κ2) is 5.81. The van der Waals surface area contributed by atoms with Crippen LogP contribution in [0.15, 0.2) is 0 Å². The Morgan fingerprint density at radius 1 is 1.10 bits per heavy atom. The van der Waals surface area contributed by atoms with Gasteiger partial charge in [0.1, 0.15) is 0 Å². The van der Waals surface area contributed by atoms with E-state index in [0.717, 1.165) is 0 Å². The molecular formula is C12H19F3O4S. The first-order chi connectivity index (χ1) is 9.20. The number of hydrogen-bond donors (Lipinski definition) is 0. The molecule has 0 bridgehead atoms. The summed E-state index contributed by atoms with van der Waals surface area (Å²) in [5.41, 5.74) is 0. The van der Waals surface area contributed by atoms with Crippen molar-refractivity contribution in [2.45, 2.75) is 44.1 Å². The maximum Gasteiger partial charge on any atom is 0.390 e. The minimum Gasteiger partial charge on any atom is -0.348 e. The van der Waals surface area contributed by atoms with Gasteiger partial charge in [-0.3, -0.25) is 0 Å². The Hall–Kier alpha value is -0.340. The third-order valence-corrected chi connectivity index (χ3v) is 5.67. The second-order valence-corrected chi connectivity index (χ2v) is 7.76. The van der Waals surface area contributed by atoms with Crippen molar-refractivity contribution in [3.8, 4) is 0 Å². The zero-order valence-electron chi connectivity index (χ0n) is 11.1. The number of hydrogen-bond acceptors (Lipinski definition) is 4. The van der Waals surface area contributed by atoms with Crippen LogP contribution in [0.1, 0.15) is 32.1 Å². The van der Waals surface area contributed by atoms with Gasteiger partial charge in [-0.25, -0.2) is 8.42 Å². The van der Waals surface area contributed by atoms with Crippen LogP contribution in [0, 0.1) is 5.92 Å². The van der Waals surface area contributed by atoms with Gasteiger partial charge >= 0.3 is 6.18 Å². The summed E-state index contributed by atoms with van der Waals surface area (Å²) in [6.07, 6.45) is -3.22. The number of rotatable bonds is 4. The van der Waals surface area contributed by atoms with E-state index in [0.29, 0.717) is 38.9 Å². The molecule has 1 aliphatic carbocycles. The zero-order valence-corrected chi connectivity index (χ0v) is 11.9. The van der Waals surface area contributed by atoms with Gasteiger partial charge in [0.2, 0.25) is 0 Å². The van der Waals surface area contributed by atoms with Gasteiger partial charge in [-0.15, -0.1) is 0 Å². The smallest absolute Gasteiger partial charge is 0.348 e. The third kappa shape index (κ3) is 4.60. The molecule has 0 N–H and O–H groups in total. The number of halogens is 3. The average Bonchev–Trinajstić information content (AvgIpc) is 2.78. The van der Waals surface area contributed by atoms with Crippen LogP contribution < -0.4 is 0 Å². The Bertz CT molecular complexity index is 416. The standard InChI is InChI=1S/C12H19F3O4S/c13-12(14,15)5-8-20(16,17)9-10-1-3-11(4-2-10)18-6-7-19-11/h10H,1-9H2. The first kappa shape index (κ1) is 16.0. The van der Waals surface area contributed by atoms with E-state index in [1.165, 1.54) is 0 Å². The summed E-state index contributed by atoms with van der Waals surface area (Å²) < 4.78 is 70.7. The van der Waals surface area contributed by atoms with E-state index in [4.69, 9.17) is 9.47 Å². The largest absolute Gasteiger partial charge is 0.390 e. The zero-order chi connectivity index (χ0) is 14.9. The maximum absolute atomic E-state index is 12.1. The van der Waals surface area contributed by atoms with Gasteiger partial charge in [0.05, 0.1) is 31.1 Å². The summed E-state index contributed by atoms with van der Waals surface area (Å²) in [4.78, 5) is 0. The lowest BCUT2D eigenvalue weighted by molar-refractivity contribution is -0.181. The van der Waals surface area contributed by atoms with Gasteiger partial charge in [0.15, 0.2) is 15.6 Å². The Morgan fingerprint density at radius 2 is 1.65 bits per heavy atom.